The molecule has 6 heteroatoms. The van der Waals surface area contributed by atoms with E-state index in [1.54, 1.807) is 30.7 Å². The molecule has 1 aromatic carbocycles. The van der Waals surface area contributed by atoms with Crippen molar-refractivity contribution in [1.82, 2.24) is 14.9 Å². The van der Waals surface area contributed by atoms with Crippen molar-refractivity contribution in [2.24, 2.45) is 0 Å². The highest BCUT2D eigenvalue weighted by Crippen LogP contribution is 2.49. The molecule has 24 heavy (non-hydrogen) atoms. The van der Waals surface area contributed by atoms with Crippen LogP contribution in [-0.4, -0.2) is 32.7 Å². The van der Waals surface area contributed by atoms with E-state index in [4.69, 9.17) is 0 Å². The lowest BCUT2D eigenvalue weighted by atomic mass is 9.94. The van der Waals surface area contributed by atoms with Gasteiger partial charge in [-0.05, 0) is 31.7 Å². The lowest BCUT2D eigenvalue weighted by Crippen LogP contribution is -2.46. The third-order valence-electron chi connectivity index (χ3n) is 5.38. The average Bonchev–Trinajstić information content (AvgIpc) is 3.05. The predicted molar refractivity (Wildman–Crippen MR) is 85.7 cm³/mol. The van der Waals surface area contributed by atoms with Crippen LogP contribution in [-0.2, 0) is 10.2 Å². The molecule has 2 aromatic rings. The second kappa shape index (κ2) is 5.70. The van der Waals surface area contributed by atoms with Gasteiger partial charge in [-0.25, -0.2) is 9.37 Å². The van der Waals surface area contributed by atoms with Gasteiger partial charge in [-0.3, -0.25) is 4.79 Å². The van der Waals surface area contributed by atoms with Gasteiger partial charge in [0.2, 0.25) is 5.91 Å². The van der Waals surface area contributed by atoms with Crippen LogP contribution in [0.25, 0.3) is 0 Å². The van der Waals surface area contributed by atoms with Crippen molar-refractivity contribution >= 4 is 5.91 Å². The zero-order valence-corrected chi connectivity index (χ0v) is 13.2. The number of hydrogen-bond acceptors (Lipinski definition) is 3. The fourth-order valence-electron chi connectivity index (χ4n) is 3.81. The van der Waals surface area contributed by atoms with Gasteiger partial charge in [0.05, 0.1) is 29.9 Å². The molecule has 2 aliphatic carbocycles. The number of carbonyl (C=O) groups excluding carboxylic acids is 1. The van der Waals surface area contributed by atoms with E-state index in [-0.39, 0.29) is 23.8 Å². The first-order valence-electron chi connectivity index (χ1n) is 8.33. The summed E-state index contributed by atoms with van der Waals surface area (Å²) in [5.41, 5.74) is -0.306. The smallest absolute Gasteiger partial charge is 0.231 e. The normalized spacial score (nSPS) is 27.8. The zero-order chi connectivity index (χ0) is 16.7. The van der Waals surface area contributed by atoms with Gasteiger partial charge in [-0.2, -0.15) is 0 Å². The van der Waals surface area contributed by atoms with E-state index >= 15 is 0 Å². The number of hydrogen-bond donors (Lipinski definition) is 2. The SMILES string of the molecule is O=C(N[C@@H]1CC[C@@H](n2ccnc2)[C@@H]1O)C1(c2ccccc2F)CC1. The van der Waals surface area contributed by atoms with Crippen molar-refractivity contribution in [2.75, 3.05) is 0 Å². The van der Waals surface area contributed by atoms with Crippen molar-refractivity contribution in [3.05, 3.63) is 54.4 Å². The number of halogens is 1. The Bertz CT molecular complexity index is 742. The second-order valence-corrected chi connectivity index (χ2v) is 6.79. The van der Waals surface area contributed by atoms with Crippen molar-refractivity contribution in [3.8, 4) is 0 Å². The highest BCUT2D eigenvalue weighted by molar-refractivity contribution is 5.91. The van der Waals surface area contributed by atoms with E-state index in [1.165, 1.54) is 6.07 Å². The number of rotatable bonds is 4. The van der Waals surface area contributed by atoms with E-state index in [0.29, 0.717) is 24.8 Å². The molecule has 0 spiro atoms. The Morgan fingerprint density at radius 1 is 1.33 bits per heavy atom. The van der Waals surface area contributed by atoms with E-state index in [9.17, 15) is 14.3 Å². The summed E-state index contributed by atoms with van der Waals surface area (Å²) in [6, 6.07) is 6.06. The minimum Gasteiger partial charge on any atom is -0.389 e. The Labute approximate surface area is 139 Å². The number of aliphatic hydroxyl groups excluding tert-OH is 1. The summed E-state index contributed by atoms with van der Waals surface area (Å²) in [5.74, 6) is -0.517. The molecule has 126 valence electrons. The summed E-state index contributed by atoms with van der Waals surface area (Å²) in [7, 11) is 0. The molecule has 2 saturated carbocycles. The molecule has 0 radical (unpaired) electrons. The van der Waals surface area contributed by atoms with Crippen LogP contribution in [0.5, 0.6) is 0 Å². The summed E-state index contributed by atoms with van der Waals surface area (Å²) in [6.07, 6.45) is 7.27. The van der Waals surface area contributed by atoms with Crippen molar-refractivity contribution in [2.45, 2.75) is 49.3 Å². The summed E-state index contributed by atoms with van der Waals surface area (Å²) in [5, 5.41) is 13.5. The lowest BCUT2D eigenvalue weighted by molar-refractivity contribution is -0.125. The van der Waals surface area contributed by atoms with Gasteiger partial charge in [0, 0.05) is 18.0 Å². The van der Waals surface area contributed by atoms with Gasteiger partial charge in [0.15, 0.2) is 0 Å². The molecule has 1 amide bonds. The molecular formula is C18H20FN3O2. The first-order valence-corrected chi connectivity index (χ1v) is 8.33. The molecule has 2 aliphatic rings. The molecule has 0 unspecified atom stereocenters. The molecule has 1 heterocycles. The van der Waals surface area contributed by atoms with Crippen LogP contribution in [0.2, 0.25) is 0 Å². The molecule has 0 saturated heterocycles. The van der Waals surface area contributed by atoms with Crippen molar-refractivity contribution < 1.29 is 14.3 Å². The van der Waals surface area contributed by atoms with Gasteiger partial charge >= 0.3 is 0 Å². The highest BCUT2D eigenvalue weighted by Gasteiger charge is 2.53. The third kappa shape index (κ3) is 2.41. The maximum Gasteiger partial charge on any atom is 0.231 e. The Hall–Kier alpha value is -2.21. The molecule has 3 atom stereocenters. The van der Waals surface area contributed by atoms with Crippen LogP contribution < -0.4 is 5.32 Å². The summed E-state index contributed by atoms with van der Waals surface area (Å²) >= 11 is 0. The van der Waals surface area contributed by atoms with Crippen LogP contribution in [0, 0.1) is 5.82 Å². The minimum atomic E-state index is -0.766. The quantitative estimate of drug-likeness (QED) is 0.901. The summed E-state index contributed by atoms with van der Waals surface area (Å²) in [4.78, 5) is 16.8. The molecule has 2 fully saturated rings. The number of nitrogens with one attached hydrogen (secondary N) is 1. The summed E-state index contributed by atoms with van der Waals surface area (Å²) < 4.78 is 16.0. The molecule has 5 nitrogen and oxygen atoms in total. The van der Waals surface area contributed by atoms with Gasteiger partial charge in [-0.15, -0.1) is 0 Å². The van der Waals surface area contributed by atoms with Crippen LogP contribution in [0.15, 0.2) is 43.0 Å². The molecule has 4 rings (SSSR count). The summed E-state index contributed by atoms with van der Waals surface area (Å²) in [6.45, 7) is 0. The van der Waals surface area contributed by atoms with Crippen LogP contribution in [0.3, 0.4) is 0 Å². The Balaban J connectivity index is 1.48. The van der Waals surface area contributed by atoms with Gasteiger partial charge < -0.3 is 15.0 Å². The number of amides is 1. The minimum absolute atomic E-state index is 0.0820. The third-order valence-corrected chi connectivity index (χ3v) is 5.38. The lowest BCUT2D eigenvalue weighted by Gasteiger charge is -2.24. The average molecular weight is 329 g/mol. The topological polar surface area (TPSA) is 67.2 Å². The first kappa shape index (κ1) is 15.3. The Morgan fingerprint density at radius 3 is 2.79 bits per heavy atom. The van der Waals surface area contributed by atoms with Crippen molar-refractivity contribution in [1.29, 1.82) is 0 Å². The zero-order valence-electron chi connectivity index (χ0n) is 13.2. The standard InChI is InChI=1S/C18H20FN3O2/c19-13-4-2-1-3-12(13)18(7-8-18)17(24)21-14-5-6-15(16(14)23)22-10-9-20-11-22/h1-4,9-11,14-16,23H,5-8H2,(H,21,24)/t14-,15-,16-/m1/s1. The number of imidazole rings is 1. The maximum absolute atomic E-state index is 14.1. The van der Waals surface area contributed by atoms with E-state index in [2.05, 4.69) is 10.3 Å². The largest absolute Gasteiger partial charge is 0.389 e. The number of carbonyl (C=O) groups is 1. The number of aromatic nitrogens is 2. The maximum atomic E-state index is 14.1. The number of nitrogens with zero attached hydrogens (tertiary/aromatic N) is 2. The van der Waals surface area contributed by atoms with Gasteiger partial charge in [0.1, 0.15) is 5.82 Å². The van der Waals surface area contributed by atoms with Crippen LogP contribution in [0.1, 0.15) is 37.3 Å². The van der Waals surface area contributed by atoms with Gasteiger partial charge in [0.25, 0.3) is 0 Å². The van der Waals surface area contributed by atoms with Crippen LogP contribution in [0.4, 0.5) is 4.39 Å². The van der Waals surface area contributed by atoms with Gasteiger partial charge in [-0.1, -0.05) is 18.2 Å². The molecule has 0 aliphatic heterocycles. The molecule has 2 N–H and O–H groups in total. The number of aliphatic hydroxyl groups is 1. The Kier molecular flexibility index (Phi) is 3.64. The fourth-order valence-corrected chi connectivity index (χ4v) is 3.81. The monoisotopic (exact) mass is 329 g/mol. The molecule has 0 bridgehead atoms. The first-order chi connectivity index (χ1) is 11.6. The van der Waals surface area contributed by atoms with Crippen LogP contribution >= 0.6 is 0 Å². The van der Waals surface area contributed by atoms with Crippen molar-refractivity contribution in [3.63, 3.8) is 0 Å². The van der Waals surface area contributed by atoms with E-state index in [0.717, 1.165) is 6.42 Å². The van der Waals surface area contributed by atoms with E-state index < -0.39 is 11.5 Å². The number of benzene rings is 1. The highest BCUT2D eigenvalue weighted by atomic mass is 19.1. The molecular weight excluding hydrogens is 309 g/mol. The molecule has 1 aromatic heterocycles. The Morgan fingerprint density at radius 2 is 2.12 bits per heavy atom. The fraction of sp³-hybridized carbons (Fsp3) is 0.444. The predicted octanol–water partition coefficient (Wildman–Crippen LogP) is 1.93. The second-order valence-electron chi connectivity index (χ2n) is 6.79. The van der Waals surface area contributed by atoms with E-state index in [1.807, 2.05) is 10.8 Å².